The highest BCUT2D eigenvalue weighted by Gasteiger charge is 2.38. The number of carbonyl (C=O) groups is 1. The van der Waals surface area contributed by atoms with E-state index < -0.39 is 23.2 Å². The first-order valence-corrected chi connectivity index (χ1v) is 13.8. The van der Waals surface area contributed by atoms with Crippen LogP contribution in [0.4, 0.5) is 18.9 Å². The average molecular weight is 592 g/mol. The number of hydrogen-bond donors (Lipinski definition) is 1. The standard InChI is InChI=1S/C29H33ClF3N5O3/c1-4-20-18-37(28(39)21-9-8-19(30)17-23(21)29(31,32)33)14-15-38(20)25-11-10-24(36-27(25)41-16-13-34-3)22-7-6-12-35-26(22)40-5-2/h6-12,17,20,34H,4-5,13-16,18H2,1-3H3/t20-/m1/s1. The van der Waals surface area contributed by atoms with Crippen molar-refractivity contribution in [3.8, 4) is 23.0 Å². The van der Waals surface area contributed by atoms with Crippen LogP contribution in [0.2, 0.25) is 5.02 Å². The van der Waals surface area contributed by atoms with Crippen LogP contribution in [0.5, 0.6) is 11.8 Å². The Labute approximate surface area is 242 Å². The minimum atomic E-state index is -4.70. The quantitative estimate of drug-likeness (QED) is 0.310. The van der Waals surface area contributed by atoms with Crippen molar-refractivity contribution < 1.29 is 27.4 Å². The van der Waals surface area contributed by atoms with Crippen molar-refractivity contribution in [1.29, 1.82) is 0 Å². The van der Waals surface area contributed by atoms with E-state index in [2.05, 4.69) is 15.2 Å². The normalized spacial score (nSPS) is 15.6. The number of pyridine rings is 2. The lowest BCUT2D eigenvalue weighted by Crippen LogP contribution is -2.55. The maximum atomic E-state index is 13.7. The van der Waals surface area contributed by atoms with E-state index in [4.69, 9.17) is 26.1 Å². The Morgan fingerprint density at radius 2 is 1.93 bits per heavy atom. The van der Waals surface area contributed by atoms with E-state index in [0.717, 1.165) is 23.4 Å². The number of hydrogen-bond acceptors (Lipinski definition) is 7. The average Bonchev–Trinajstić information content (AvgIpc) is 2.96. The summed E-state index contributed by atoms with van der Waals surface area (Å²) in [6.07, 6.45) is -2.40. The van der Waals surface area contributed by atoms with Gasteiger partial charge in [-0.3, -0.25) is 4.79 Å². The Morgan fingerprint density at radius 1 is 1.12 bits per heavy atom. The third kappa shape index (κ3) is 7.02. The molecule has 220 valence electrons. The van der Waals surface area contributed by atoms with Crippen LogP contribution < -0.4 is 19.7 Å². The summed E-state index contributed by atoms with van der Waals surface area (Å²) in [6, 6.07) is 10.5. The second-order valence-corrected chi connectivity index (χ2v) is 9.89. The molecule has 1 atom stereocenters. The largest absolute Gasteiger partial charge is 0.477 e. The number of ether oxygens (including phenoxy) is 2. The van der Waals surface area contributed by atoms with Crippen LogP contribution in [0.1, 0.15) is 36.2 Å². The molecule has 1 aliphatic heterocycles. The number of nitrogens with zero attached hydrogens (tertiary/aromatic N) is 4. The molecule has 0 spiro atoms. The lowest BCUT2D eigenvalue weighted by atomic mass is 10.0. The van der Waals surface area contributed by atoms with Crippen LogP contribution in [0.15, 0.2) is 48.7 Å². The fraction of sp³-hybridized carbons (Fsp3) is 0.414. The summed E-state index contributed by atoms with van der Waals surface area (Å²) in [6.45, 7) is 6.14. The van der Waals surface area contributed by atoms with Gasteiger partial charge in [-0.05, 0) is 62.9 Å². The van der Waals surface area contributed by atoms with Gasteiger partial charge < -0.3 is 24.6 Å². The summed E-state index contributed by atoms with van der Waals surface area (Å²) >= 11 is 5.82. The van der Waals surface area contributed by atoms with Crippen molar-refractivity contribution in [1.82, 2.24) is 20.2 Å². The third-order valence-corrected chi connectivity index (χ3v) is 7.06. The molecule has 2 aromatic heterocycles. The number of amides is 1. The van der Waals surface area contributed by atoms with Crippen molar-refractivity contribution in [3.05, 3.63) is 64.8 Å². The zero-order valence-electron chi connectivity index (χ0n) is 23.2. The van der Waals surface area contributed by atoms with Gasteiger partial charge >= 0.3 is 6.18 Å². The fourth-order valence-electron chi connectivity index (χ4n) is 4.81. The zero-order chi connectivity index (χ0) is 29.6. The summed E-state index contributed by atoms with van der Waals surface area (Å²) in [5.74, 6) is 0.209. The highest BCUT2D eigenvalue weighted by Crippen LogP contribution is 2.37. The summed E-state index contributed by atoms with van der Waals surface area (Å²) in [5, 5.41) is 2.98. The number of anilines is 1. The van der Waals surface area contributed by atoms with E-state index in [-0.39, 0.29) is 24.2 Å². The number of aromatic nitrogens is 2. The Balaban J connectivity index is 1.63. The van der Waals surface area contributed by atoms with E-state index >= 15 is 0 Å². The van der Waals surface area contributed by atoms with Crippen LogP contribution in [-0.4, -0.2) is 73.3 Å². The molecule has 0 bridgehead atoms. The molecule has 1 fully saturated rings. The number of halogens is 4. The molecule has 1 N–H and O–H groups in total. The molecule has 1 aliphatic rings. The van der Waals surface area contributed by atoms with Crippen LogP contribution in [0, 0.1) is 0 Å². The van der Waals surface area contributed by atoms with Gasteiger partial charge in [0.05, 0.1) is 29.0 Å². The van der Waals surface area contributed by atoms with E-state index in [1.54, 1.807) is 6.20 Å². The Hall–Kier alpha value is -3.57. The first-order chi connectivity index (χ1) is 19.7. The first-order valence-electron chi connectivity index (χ1n) is 13.5. The summed E-state index contributed by atoms with van der Waals surface area (Å²) in [4.78, 5) is 26.0. The smallest absolute Gasteiger partial charge is 0.417 e. The van der Waals surface area contributed by atoms with Crippen molar-refractivity contribution in [2.45, 2.75) is 32.5 Å². The topological polar surface area (TPSA) is 79.8 Å². The number of carbonyl (C=O) groups excluding carboxylic acids is 1. The van der Waals surface area contributed by atoms with Crippen LogP contribution >= 0.6 is 11.6 Å². The van der Waals surface area contributed by atoms with E-state index in [9.17, 15) is 18.0 Å². The van der Waals surface area contributed by atoms with Crippen LogP contribution in [0.3, 0.4) is 0 Å². The Bertz CT molecular complexity index is 1360. The number of likely N-dealkylation sites (N-methyl/N-ethyl adjacent to an activating group) is 1. The van der Waals surface area contributed by atoms with Crippen LogP contribution in [0.25, 0.3) is 11.3 Å². The van der Waals surface area contributed by atoms with Gasteiger partial charge in [-0.25, -0.2) is 9.97 Å². The molecule has 3 heterocycles. The molecule has 0 unspecified atom stereocenters. The van der Waals surface area contributed by atoms with Gasteiger partial charge in [-0.1, -0.05) is 18.5 Å². The third-order valence-electron chi connectivity index (χ3n) is 6.83. The molecule has 1 aromatic carbocycles. The molecule has 1 saturated heterocycles. The molecule has 0 saturated carbocycles. The van der Waals surface area contributed by atoms with Crippen molar-refractivity contribution in [2.75, 3.05) is 51.3 Å². The van der Waals surface area contributed by atoms with E-state index in [1.807, 2.05) is 45.2 Å². The van der Waals surface area contributed by atoms with Gasteiger partial charge in [0.1, 0.15) is 12.3 Å². The van der Waals surface area contributed by atoms with Gasteiger partial charge in [0.15, 0.2) is 0 Å². The molecule has 0 aliphatic carbocycles. The Kier molecular flexibility index (Phi) is 9.93. The zero-order valence-corrected chi connectivity index (χ0v) is 23.9. The summed E-state index contributed by atoms with van der Waals surface area (Å²) in [7, 11) is 1.83. The number of benzene rings is 1. The molecule has 8 nitrogen and oxygen atoms in total. The molecule has 0 radical (unpaired) electrons. The summed E-state index contributed by atoms with van der Waals surface area (Å²) < 4.78 is 52.9. The van der Waals surface area contributed by atoms with Crippen LogP contribution in [-0.2, 0) is 6.18 Å². The molecule has 4 rings (SSSR count). The molecular formula is C29H33ClF3N5O3. The number of nitrogens with one attached hydrogen (secondary N) is 1. The molecule has 12 heteroatoms. The van der Waals surface area contributed by atoms with Gasteiger partial charge in [-0.15, -0.1) is 0 Å². The predicted octanol–water partition coefficient (Wildman–Crippen LogP) is 5.55. The SMILES string of the molecule is CCOc1ncccc1-c1ccc(N2CCN(C(=O)c3ccc(Cl)cc3C(F)(F)F)C[C@H]2CC)c(OCCNC)n1. The fourth-order valence-corrected chi connectivity index (χ4v) is 4.98. The Morgan fingerprint density at radius 3 is 2.63 bits per heavy atom. The van der Waals surface area contributed by atoms with Gasteiger partial charge in [0.25, 0.3) is 5.91 Å². The van der Waals surface area contributed by atoms with E-state index in [1.165, 1.54) is 11.0 Å². The van der Waals surface area contributed by atoms with Crippen molar-refractivity contribution in [2.24, 2.45) is 0 Å². The number of rotatable bonds is 10. The van der Waals surface area contributed by atoms with Gasteiger partial charge in [0.2, 0.25) is 11.8 Å². The highest BCUT2D eigenvalue weighted by molar-refractivity contribution is 6.30. The predicted molar refractivity (Wildman–Crippen MR) is 152 cm³/mol. The minimum Gasteiger partial charge on any atom is -0.477 e. The minimum absolute atomic E-state index is 0.0773. The summed E-state index contributed by atoms with van der Waals surface area (Å²) in [5.41, 5.74) is 0.661. The lowest BCUT2D eigenvalue weighted by Gasteiger charge is -2.43. The van der Waals surface area contributed by atoms with Gasteiger partial charge in [0, 0.05) is 43.4 Å². The van der Waals surface area contributed by atoms with Gasteiger partial charge in [-0.2, -0.15) is 13.2 Å². The molecule has 41 heavy (non-hydrogen) atoms. The maximum absolute atomic E-state index is 13.7. The maximum Gasteiger partial charge on any atom is 0.417 e. The number of alkyl halides is 3. The molecule has 3 aromatic rings. The van der Waals surface area contributed by atoms with E-state index in [0.29, 0.717) is 50.2 Å². The first kappa shape index (κ1) is 30.4. The second-order valence-electron chi connectivity index (χ2n) is 9.46. The molecular weight excluding hydrogens is 559 g/mol. The lowest BCUT2D eigenvalue weighted by molar-refractivity contribution is -0.138. The number of piperazine rings is 1. The van der Waals surface area contributed by atoms with Crippen molar-refractivity contribution in [3.63, 3.8) is 0 Å². The molecule has 1 amide bonds. The monoisotopic (exact) mass is 591 g/mol. The highest BCUT2D eigenvalue weighted by atomic mass is 35.5. The second kappa shape index (κ2) is 13.4. The van der Waals surface area contributed by atoms with Crippen molar-refractivity contribution >= 4 is 23.2 Å².